The summed E-state index contributed by atoms with van der Waals surface area (Å²) in [6.07, 6.45) is 5.02. The van der Waals surface area contributed by atoms with E-state index >= 15 is 0 Å². The maximum absolute atomic E-state index is 9.22. The molecular formula is C16H22ClN3. The fourth-order valence-electron chi connectivity index (χ4n) is 2.61. The van der Waals surface area contributed by atoms with Crippen LogP contribution in [0.5, 0.6) is 0 Å². The highest BCUT2D eigenvalue weighted by Gasteiger charge is 2.11. The van der Waals surface area contributed by atoms with Gasteiger partial charge in [-0.15, -0.1) is 0 Å². The van der Waals surface area contributed by atoms with Crippen LogP contribution in [0.15, 0.2) is 24.3 Å². The number of unbranched alkanes of at least 4 members (excludes halogenated alkanes) is 1. The van der Waals surface area contributed by atoms with Crippen molar-refractivity contribution in [2.45, 2.75) is 31.7 Å². The smallest absolute Gasteiger partial charge is 0.121 e. The van der Waals surface area contributed by atoms with Crippen LogP contribution >= 0.6 is 11.6 Å². The summed E-state index contributed by atoms with van der Waals surface area (Å²) in [6, 6.07) is 9.55. The zero-order valence-electron chi connectivity index (χ0n) is 11.8. The van der Waals surface area contributed by atoms with Crippen molar-refractivity contribution in [3.63, 3.8) is 0 Å². The van der Waals surface area contributed by atoms with Crippen molar-refractivity contribution in [1.29, 1.82) is 5.26 Å². The third-order valence-electron chi connectivity index (χ3n) is 3.78. The first-order chi connectivity index (χ1) is 9.79. The van der Waals surface area contributed by atoms with Crippen molar-refractivity contribution < 1.29 is 0 Å². The highest BCUT2D eigenvalue weighted by molar-refractivity contribution is 6.30. The minimum Gasteiger partial charge on any atom is -0.303 e. The number of likely N-dealkylation sites (tertiary alicyclic amines) is 1. The Morgan fingerprint density at radius 2 is 1.90 bits per heavy atom. The van der Waals surface area contributed by atoms with Gasteiger partial charge in [0, 0.05) is 5.02 Å². The lowest BCUT2D eigenvalue weighted by molar-refractivity contribution is 0.328. The van der Waals surface area contributed by atoms with Gasteiger partial charge in [-0.1, -0.05) is 23.7 Å². The van der Waals surface area contributed by atoms with Crippen LogP contribution < -0.4 is 5.32 Å². The SMILES string of the molecule is N#CC(NCCCCN1CCCC1)c1ccc(Cl)cc1. The third-order valence-corrected chi connectivity index (χ3v) is 4.03. The molecule has 1 aromatic rings. The molecule has 1 heterocycles. The molecule has 0 aliphatic carbocycles. The van der Waals surface area contributed by atoms with Gasteiger partial charge >= 0.3 is 0 Å². The summed E-state index contributed by atoms with van der Waals surface area (Å²) in [5, 5.41) is 13.2. The molecule has 0 saturated carbocycles. The van der Waals surface area contributed by atoms with E-state index in [-0.39, 0.29) is 6.04 Å². The van der Waals surface area contributed by atoms with E-state index in [0.29, 0.717) is 5.02 Å². The van der Waals surface area contributed by atoms with Gasteiger partial charge in [0.15, 0.2) is 0 Å². The van der Waals surface area contributed by atoms with E-state index in [0.717, 1.165) is 18.5 Å². The first kappa shape index (κ1) is 15.3. The van der Waals surface area contributed by atoms with E-state index in [1.807, 2.05) is 24.3 Å². The zero-order valence-corrected chi connectivity index (χ0v) is 12.6. The second kappa shape index (κ2) is 8.26. The molecule has 1 aliphatic rings. The average Bonchev–Trinajstić information content (AvgIpc) is 2.97. The van der Waals surface area contributed by atoms with Gasteiger partial charge in [0.25, 0.3) is 0 Å². The number of nitrogens with zero attached hydrogens (tertiary/aromatic N) is 2. The molecule has 20 heavy (non-hydrogen) atoms. The number of hydrogen-bond donors (Lipinski definition) is 1. The molecular weight excluding hydrogens is 270 g/mol. The predicted molar refractivity (Wildman–Crippen MR) is 82.7 cm³/mol. The monoisotopic (exact) mass is 291 g/mol. The van der Waals surface area contributed by atoms with Gasteiger partial charge in [0.2, 0.25) is 0 Å². The maximum Gasteiger partial charge on any atom is 0.121 e. The predicted octanol–water partition coefficient (Wildman–Crippen LogP) is 3.37. The quantitative estimate of drug-likeness (QED) is 0.783. The zero-order chi connectivity index (χ0) is 14.2. The third kappa shape index (κ3) is 4.79. The summed E-state index contributed by atoms with van der Waals surface area (Å²) in [7, 11) is 0. The first-order valence-corrected chi connectivity index (χ1v) is 7.78. The highest BCUT2D eigenvalue weighted by Crippen LogP contribution is 2.16. The van der Waals surface area contributed by atoms with Crippen molar-refractivity contribution in [3.05, 3.63) is 34.9 Å². The van der Waals surface area contributed by atoms with Crippen LogP contribution in [0, 0.1) is 11.3 Å². The first-order valence-electron chi connectivity index (χ1n) is 7.40. The van der Waals surface area contributed by atoms with Crippen LogP contribution in [0.1, 0.15) is 37.3 Å². The molecule has 108 valence electrons. The minimum absolute atomic E-state index is 0.237. The number of hydrogen-bond acceptors (Lipinski definition) is 3. The van der Waals surface area contributed by atoms with E-state index in [1.54, 1.807) is 0 Å². The largest absolute Gasteiger partial charge is 0.303 e. The number of benzene rings is 1. The Bertz CT molecular complexity index is 432. The summed E-state index contributed by atoms with van der Waals surface area (Å²) in [6.45, 7) is 4.60. The van der Waals surface area contributed by atoms with Gasteiger partial charge in [0.05, 0.1) is 6.07 Å². The van der Waals surface area contributed by atoms with Crippen LogP contribution in [0.25, 0.3) is 0 Å². The van der Waals surface area contributed by atoms with Crippen molar-refractivity contribution in [3.8, 4) is 6.07 Å². The summed E-state index contributed by atoms with van der Waals surface area (Å²) in [4.78, 5) is 2.53. The normalized spacial score (nSPS) is 17.0. The molecule has 2 rings (SSSR count). The van der Waals surface area contributed by atoms with Crippen LogP contribution in [0.2, 0.25) is 5.02 Å². The lowest BCUT2D eigenvalue weighted by Gasteiger charge is -2.15. The van der Waals surface area contributed by atoms with E-state index in [4.69, 9.17) is 11.6 Å². The Morgan fingerprint density at radius 1 is 1.20 bits per heavy atom. The number of rotatable bonds is 7. The van der Waals surface area contributed by atoms with Crippen molar-refractivity contribution in [2.75, 3.05) is 26.2 Å². The Kier molecular flexibility index (Phi) is 6.32. The van der Waals surface area contributed by atoms with E-state index in [1.165, 1.54) is 38.9 Å². The van der Waals surface area contributed by atoms with Crippen molar-refractivity contribution in [1.82, 2.24) is 10.2 Å². The summed E-state index contributed by atoms with van der Waals surface area (Å²) in [5.41, 5.74) is 0.983. The van der Waals surface area contributed by atoms with E-state index in [9.17, 15) is 5.26 Å². The van der Waals surface area contributed by atoms with Crippen LogP contribution in [-0.2, 0) is 0 Å². The molecule has 0 bridgehead atoms. The molecule has 3 nitrogen and oxygen atoms in total. The topological polar surface area (TPSA) is 39.1 Å². The van der Waals surface area contributed by atoms with E-state index < -0.39 is 0 Å². The van der Waals surface area contributed by atoms with Crippen LogP contribution in [-0.4, -0.2) is 31.1 Å². The fraction of sp³-hybridized carbons (Fsp3) is 0.562. The van der Waals surface area contributed by atoms with Gasteiger partial charge in [0.1, 0.15) is 6.04 Å². The standard InChI is InChI=1S/C16H22ClN3/c17-15-7-5-14(6-8-15)16(13-18)19-9-1-2-10-20-11-3-4-12-20/h5-8,16,19H,1-4,9-12H2. The lowest BCUT2D eigenvalue weighted by Crippen LogP contribution is -2.24. The summed E-state index contributed by atoms with van der Waals surface area (Å²) < 4.78 is 0. The summed E-state index contributed by atoms with van der Waals surface area (Å²) >= 11 is 5.86. The molecule has 0 amide bonds. The highest BCUT2D eigenvalue weighted by atomic mass is 35.5. The molecule has 1 aromatic carbocycles. The summed E-state index contributed by atoms with van der Waals surface area (Å²) in [5.74, 6) is 0. The number of nitrogens with one attached hydrogen (secondary N) is 1. The second-order valence-electron chi connectivity index (χ2n) is 5.32. The Morgan fingerprint density at radius 3 is 2.55 bits per heavy atom. The van der Waals surface area contributed by atoms with Crippen molar-refractivity contribution in [2.24, 2.45) is 0 Å². The van der Waals surface area contributed by atoms with Gasteiger partial charge in [-0.05, 0) is 69.6 Å². The van der Waals surface area contributed by atoms with Crippen LogP contribution in [0.3, 0.4) is 0 Å². The number of nitriles is 1. The van der Waals surface area contributed by atoms with Crippen LogP contribution in [0.4, 0.5) is 0 Å². The minimum atomic E-state index is -0.237. The second-order valence-corrected chi connectivity index (χ2v) is 5.76. The van der Waals surface area contributed by atoms with E-state index in [2.05, 4.69) is 16.3 Å². The Balaban J connectivity index is 1.66. The Hall–Kier alpha value is -1.08. The molecule has 1 atom stereocenters. The fourth-order valence-corrected chi connectivity index (χ4v) is 2.73. The molecule has 4 heteroatoms. The van der Waals surface area contributed by atoms with Gasteiger partial charge in [-0.25, -0.2) is 0 Å². The molecule has 1 unspecified atom stereocenters. The molecule has 1 saturated heterocycles. The molecule has 0 aromatic heterocycles. The molecule has 0 spiro atoms. The molecule has 0 radical (unpaired) electrons. The molecule has 1 N–H and O–H groups in total. The number of halogens is 1. The van der Waals surface area contributed by atoms with Crippen molar-refractivity contribution >= 4 is 11.6 Å². The molecule has 1 fully saturated rings. The van der Waals surface area contributed by atoms with Gasteiger partial charge in [-0.2, -0.15) is 5.26 Å². The van der Waals surface area contributed by atoms with Gasteiger partial charge < -0.3 is 4.90 Å². The lowest BCUT2D eigenvalue weighted by atomic mass is 10.1. The Labute approximate surface area is 126 Å². The van der Waals surface area contributed by atoms with Gasteiger partial charge in [-0.3, -0.25) is 5.32 Å². The maximum atomic E-state index is 9.22. The average molecular weight is 292 g/mol. The molecule has 1 aliphatic heterocycles.